The van der Waals surface area contributed by atoms with Gasteiger partial charge in [0.05, 0.1) is 19.7 Å². The zero-order valence-corrected chi connectivity index (χ0v) is 12.2. The van der Waals surface area contributed by atoms with Gasteiger partial charge in [-0.05, 0) is 36.9 Å². The molecule has 1 aliphatic rings. The van der Waals surface area contributed by atoms with Gasteiger partial charge in [0.2, 0.25) is 5.28 Å². The van der Waals surface area contributed by atoms with Crippen molar-refractivity contribution >= 4 is 28.3 Å². The molecule has 1 aromatic carbocycles. The molecule has 0 spiro atoms. The molecule has 0 saturated heterocycles. The summed E-state index contributed by atoms with van der Waals surface area (Å²) in [6.07, 6.45) is 3.58. The van der Waals surface area contributed by atoms with E-state index in [9.17, 15) is 0 Å². The molecule has 1 aromatic heterocycles. The van der Waals surface area contributed by atoms with Gasteiger partial charge in [0.25, 0.3) is 0 Å². The summed E-state index contributed by atoms with van der Waals surface area (Å²) in [7, 11) is 3.21. The molecule has 0 aliphatic heterocycles. The minimum absolute atomic E-state index is 0.228. The second kappa shape index (κ2) is 5.32. The van der Waals surface area contributed by atoms with Crippen LogP contribution in [-0.2, 0) is 0 Å². The molecular weight excluding hydrogens is 278 g/mol. The van der Waals surface area contributed by atoms with Gasteiger partial charge in [0.1, 0.15) is 5.82 Å². The average Bonchev–Trinajstić information content (AvgIpc) is 2.41. The Hall–Kier alpha value is -1.75. The number of hydrogen-bond acceptors (Lipinski definition) is 5. The molecule has 1 fully saturated rings. The SMILES string of the molecule is COc1cc2nc(Cl)nc(NC3CCC3)c2cc1OC. The molecule has 5 nitrogen and oxygen atoms in total. The minimum Gasteiger partial charge on any atom is -0.493 e. The number of halogens is 1. The van der Waals surface area contributed by atoms with E-state index in [1.54, 1.807) is 14.2 Å². The van der Waals surface area contributed by atoms with Crippen molar-refractivity contribution in [2.45, 2.75) is 25.3 Å². The number of aromatic nitrogens is 2. The summed E-state index contributed by atoms with van der Waals surface area (Å²) in [5.74, 6) is 2.04. The van der Waals surface area contributed by atoms with Crippen molar-refractivity contribution in [1.82, 2.24) is 9.97 Å². The van der Waals surface area contributed by atoms with Gasteiger partial charge < -0.3 is 14.8 Å². The highest BCUT2D eigenvalue weighted by molar-refractivity contribution is 6.28. The zero-order chi connectivity index (χ0) is 14.1. The van der Waals surface area contributed by atoms with Crippen LogP contribution in [0.3, 0.4) is 0 Å². The van der Waals surface area contributed by atoms with Gasteiger partial charge >= 0.3 is 0 Å². The van der Waals surface area contributed by atoms with E-state index in [0.717, 1.165) is 29.6 Å². The molecule has 0 bridgehead atoms. The largest absolute Gasteiger partial charge is 0.493 e. The molecule has 1 saturated carbocycles. The third kappa shape index (κ3) is 2.33. The van der Waals surface area contributed by atoms with E-state index < -0.39 is 0 Å². The van der Waals surface area contributed by atoms with Crippen LogP contribution in [0.15, 0.2) is 12.1 Å². The zero-order valence-electron chi connectivity index (χ0n) is 11.4. The smallest absolute Gasteiger partial charge is 0.224 e. The second-order valence-electron chi connectivity index (χ2n) is 4.84. The molecule has 6 heteroatoms. The van der Waals surface area contributed by atoms with Crippen molar-refractivity contribution in [3.63, 3.8) is 0 Å². The standard InChI is InChI=1S/C14H16ClN3O2/c1-19-11-6-9-10(7-12(11)20-2)17-14(15)18-13(9)16-8-4-3-5-8/h6-8H,3-5H2,1-2H3,(H,16,17,18). The lowest BCUT2D eigenvalue weighted by Crippen LogP contribution is -2.27. The quantitative estimate of drug-likeness (QED) is 0.877. The number of benzene rings is 1. The number of methoxy groups -OCH3 is 2. The summed E-state index contributed by atoms with van der Waals surface area (Å²) in [4.78, 5) is 8.55. The fourth-order valence-corrected chi connectivity index (χ4v) is 2.46. The van der Waals surface area contributed by atoms with Gasteiger partial charge in [-0.2, -0.15) is 0 Å². The number of ether oxygens (including phenoxy) is 2. The van der Waals surface area contributed by atoms with Crippen molar-refractivity contribution in [3.05, 3.63) is 17.4 Å². The third-order valence-electron chi connectivity index (χ3n) is 3.62. The summed E-state index contributed by atoms with van der Waals surface area (Å²) in [5, 5.41) is 4.54. The normalized spacial score (nSPS) is 14.9. The van der Waals surface area contributed by atoms with Gasteiger partial charge in [0, 0.05) is 17.5 Å². The van der Waals surface area contributed by atoms with Crippen molar-refractivity contribution in [2.24, 2.45) is 0 Å². The third-order valence-corrected chi connectivity index (χ3v) is 3.79. The summed E-state index contributed by atoms with van der Waals surface area (Å²) < 4.78 is 10.6. The fraction of sp³-hybridized carbons (Fsp3) is 0.429. The van der Waals surface area contributed by atoms with Gasteiger partial charge in [0.15, 0.2) is 11.5 Å². The first-order valence-corrected chi connectivity index (χ1v) is 6.95. The van der Waals surface area contributed by atoms with E-state index in [1.165, 1.54) is 6.42 Å². The molecule has 1 N–H and O–H groups in total. The summed E-state index contributed by atoms with van der Waals surface area (Å²) >= 11 is 6.00. The monoisotopic (exact) mass is 293 g/mol. The number of nitrogens with one attached hydrogen (secondary N) is 1. The minimum atomic E-state index is 0.228. The van der Waals surface area contributed by atoms with Crippen LogP contribution in [0, 0.1) is 0 Å². The number of hydrogen-bond donors (Lipinski definition) is 1. The maximum Gasteiger partial charge on any atom is 0.224 e. The van der Waals surface area contributed by atoms with E-state index in [0.29, 0.717) is 17.5 Å². The lowest BCUT2D eigenvalue weighted by molar-refractivity contribution is 0.356. The van der Waals surface area contributed by atoms with Crippen LogP contribution in [-0.4, -0.2) is 30.2 Å². The molecule has 2 aromatic rings. The van der Waals surface area contributed by atoms with E-state index in [-0.39, 0.29) is 5.28 Å². The maximum atomic E-state index is 6.00. The first-order chi connectivity index (χ1) is 9.71. The summed E-state index contributed by atoms with van der Waals surface area (Å²) in [5.41, 5.74) is 0.740. The number of nitrogens with zero attached hydrogens (tertiary/aromatic N) is 2. The van der Waals surface area contributed by atoms with E-state index in [4.69, 9.17) is 21.1 Å². The molecule has 0 atom stereocenters. The Morgan fingerprint density at radius 1 is 1.15 bits per heavy atom. The van der Waals surface area contributed by atoms with E-state index in [2.05, 4.69) is 15.3 Å². The van der Waals surface area contributed by atoms with Crippen LogP contribution in [0.1, 0.15) is 19.3 Å². The van der Waals surface area contributed by atoms with Gasteiger partial charge in [-0.25, -0.2) is 9.97 Å². The predicted molar refractivity (Wildman–Crippen MR) is 78.9 cm³/mol. The molecule has 0 amide bonds. The highest BCUT2D eigenvalue weighted by Crippen LogP contribution is 2.35. The average molecular weight is 294 g/mol. The molecule has 0 radical (unpaired) electrons. The van der Waals surface area contributed by atoms with Crippen molar-refractivity contribution in [1.29, 1.82) is 0 Å². The topological polar surface area (TPSA) is 56.3 Å². The van der Waals surface area contributed by atoms with E-state index in [1.807, 2.05) is 12.1 Å². The lowest BCUT2D eigenvalue weighted by Gasteiger charge is -2.27. The van der Waals surface area contributed by atoms with Gasteiger partial charge in [-0.3, -0.25) is 0 Å². The van der Waals surface area contributed by atoms with Crippen LogP contribution in [0.2, 0.25) is 5.28 Å². The Kier molecular flexibility index (Phi) is 3.53. The Morgan fingerprint density at radius 2 is 1.85 bits per heavy atom. The highest BCUT2D eigenvalue weighted by Gasteiger charge is 2.20. The predicted octanol–water partition coefficient (Wildman–Crippen LogP) is 3.26. The van der Waals surface area contributed by atoms with Crippen LogP contribution in [0.25, 0.3) is 10.9 Å². The molecule has 1 heterocycles. The Balaban J connectivity index is 2.12. The van der Waals surface area contributed by atoms with Crippen LogP contribution in [0.5, 0.6) is 11.5 Å². The number of anilines is 1. The molecule has 3 rings (SSSR count). The second-order valence-corrected chi connectivity index (χ2v) is 5.18. The lowest BCUT2D eigenvalue weighted by atomic mass is 9.93. The Labute approximate surface area is 122 Å². The summed E-state index contributed by atoms with van der Waals surface area (Å²) in [6, 6.07) is 4.16. The number of fused-ring (bicyclic) bond motifs is 1. The molecule has 20 heavy (non-hydrogen) atoms. The van der Waals surface area contributed by atoms with Crippen LogP contribution >= 0.6 is 11.6 Å². The fourth-order valence-electron chi connectivity index (χ4n) is 2.28. The Morgan fingerprint density at radius 3 is 2.45 bits per heavy atom. The van der Waals surface area contributed by atoms with Crippen molar-refractivity contribution < 1.29 is 9.47 Å². The summed E-state index contributed by atoms with van der Waals surface area (Å²) in [6.45, 7) is 0. The molecule has 106 valence electrons. The molecule has 0 unspecified atom stereocenters. The first-order valence-electron chi connectivity index (χ1n) is 6.57. The Bertz CT molecular complexity index is 644. The first kappa shape index (κ1) is 13.2. The van der Waals surface area contributed by atoms with Crippen molar-refractivity contribution in [2.75, 3.05) is 19.5 Å². The van der Waals surface area contributed by atoms with Crippen LogP contribution < -0.4 is 14.8 Å². The molecule has 1 aliphatic carbocycles. The van der Waals surface area contributed by atoms with Crippen LogP contribution in [0.4, 0.5) is 5.82 Å². The maximum absolute atomic E-state index is 6.00. The van der Waals surface area contributed by atoms with Gasteiger partial charge in [-0.1, -0.05) is 0 Å². The highest BCUT2D eigenvalue weighted by atomic mass is 35.5. The van der Waals surface area contributed by atoms with Gasteiger partial charge in [-0.15, -0.1) is 0 Å². The van der Waals surface area contributed by atoms with E-state index >= 15 is 0 Å². The van der Waals surface area contributed by atoms with Crippen molar-refractivity contribution in [3.8, 4) is 11.5 Å². The number of rotatable bonds is 4. The molecular formula is C14H16ClN3O2.